The summed E-state index contributed by atoms with van der Waals surface area (Å²) in [5.74, 6) is 2.17. The Morgan fingerprint density at radius 2 is 1.66 bits per heavy atom. The van der Waals surface area contributed by atoms with Crippen LogP contribution in [-0.4, -0.2) is 19.2 Å². The van der Waals surface area contributed by atoms with Crippen molar-refractivity contribution in [3.05, 3.63) is 69.2 Å². The largest absolute Gasteiger partial charge is 0.496 e. The number of benzene rings is 2. The molecule has 3 rings (SSSR count). The molecule has 1 heterocycles. The van der Waals surface area contributed by atoms with Gasteiger partial charge in [-0.3, -0.25) is 0 Å². The number of hydrogen-bond donors (Lipinski definition) is 1. The van der Waals surface area contributed by atoms with E-state index in [1.807, 2.05) is 13.1 Å². The molecule has 1 atom stereocenters. The van der Waals surface area contributed by atoms with Gasteiger partial charge in [-0.15, -0.1) is 11.3 Å². The van der Waals surface area contributed by atoms with Gasteiger partial charge in [0.2, 0.25) is 0 Å². The van der Waals surface area contributed by atoms with Gasteiger partial charge in [0.05, 0.1) is 31.4 Å². The molecule has 0 fully saturated rings. The van der Waals surface area contributed by atoms with Crippen LogP contribution in [0.15, 0.2) is 42.6 Å². The first kappa shape index (κ1) is 26.8. The number of thiazole rings is 1. The minimum Gasteiger partial charge on any atom is -0.496 e. The molecule has 2 aromatic carbocycles. The maximum Gasteiger partial charge on any atom is 0.416 e. The summed E-state index contributed by atoms with van der Waals surface area (Å²) in [5.41, 5.74) is 0.779. The van der Waals surface area contributed by atoms with Gasteiger partial charge in [-0.25, -0.2) is 4.98 Å². The predicted molar refractivity (Wildman–Crippen MR) is 131 cm³/mol. The highest BCUT2D eigenvalue weighted by atomic mass is 32.1. The van der Waals surface area contributed by atoms with Crippen LogP contribution in [0.4, 0.5) is 13.2 Å². The topological polar surface area (TPSA) is 52.6 Å². The zero-order chi connectivity index (χ0) is 25.6. The lowest BCUT2D eigenvalue weighted by Gasteiger charge is -2.21. The number of aromatic nitrogens is 1. The number of rotatable bonds is 11. The molecular formula is C26H31F3N2O3S. The van der Waals surface area contributed by atoms with Crippen LogP contribution in [0, 0.1) is 12.8 Å². The fraction of sp³-hybridized carbons (Fsp3) is 0.423. The van der Waals surface area contributed by atoms with Crippen molar-refractivity contribution in [3.8, 4) is 17.2 Å². The van der Waals surface area contributed by atoms with Gasteiger partial charge in [0.15, 0.2) is 0 Å². The van der Waals surface area contributed by atoms with Crippen molar-refractivity contribution in [1.82, 2.24) is 10.3 Å². The second kappa shape index (κ2) is 11.8. The van der Waals surface area contributed by atoms with Gasteiger partial charge in [0, 0.05) is 29.8 Å². The number of ether oxygens (including phenoxy) is 3. The molecule has 0 aliphatic carbocycles. The Hall–Kier alpha value is -2.78. The molecule has 0 aliphatic heterocycles. The van der Waals surface area contributed by atoms with Gasteiger partial charge in [-0.1, -0.05) is 26.0 Å². The molecule has 5 nitrogen and oxygen atoms in total. The molecule has 35 heavy (non-hydrogen) atoms. The summed E-state index contributed by atoms with van der Waals surface area (Å²) in [5, 5.41) is 4.64. The zero-order valence-corrected chi connectivity index (χ0v) is 21.3. The third kappa shape index (κ3) is 7.35. The SMILES string of the molecule is COc1cc(OCc2ccc(C(F)(F)F)cc2)cc(OC)c1CN[C@@H](CC(C)C)c1ncc(C)s1. The maximum atomic E-state index is 12.8. The number of aryl methyl sites for hydroxylation is 1. The summed E-state index contributed by atoms with van der Waals surface area (Å²) in [4.78, 5) is 5.73. The molecule has 0 saturated heterocycles. The molecule has 0 radical (unpaired) electrons. The van der Waals surface area contributed by atoms with Crippen molar-refractivity contribution in [3.63, 3.8) is 0 Å². The Morgan fingerprint density at radius 3 is 2.14 bits per heavy atom. The summed E-state index contributed by atoms with van der Waals surface area (Å²) in [6.45, 7) is 7.02. The van der Waals surface area contributed by atoms with Gasteiger partial charge >= 0.3 is 6.18 Å². The van der Waals surface area contributed by atoms with Gasteiger partial charge in [-0.05, 0) is 37.0 Å². The Kier molecular flexibility index (Phi) is 9.02. The lowest BCUT2D eigenvalue weighted by Crippen LogP contribution is -2.23. The Morgan fingerprint density at radius 1 is 1.03 bits per heavy atom. The highest BCUT2D eigenvalue weighted by Crippen LogP contribution is 2.36. The first-order chi connectivity index (χ1) is 16.6. The lowest BCUT2D eigenvalue weighted by molar-refractivity contribution is -0.137. The van der Waals surface area contributed by atoms with Crippen LogP contribution in [0.3, 0.4) is 0 Å². The van der Waals surface area contributed by atoms with E-state index in [-0.39, 0.29) is 12.6 Å². The van der Waals surface area contributed by atoms with E-state index in [1.54, 1.807) is 37.7 Å². The highest BCUT2D eigenvalue weighted by molar-refractivity contribution is 7.11. The van der Waals surface area contributed by atoms with Crippen molar-refractivity contribution in [2.24, 2.45) is 5.92 Å². The molecule has 0 aliphatic rings. The van der Waals surface area contributed by atoms with Crippen LogP contribution in [0.2, 0.25) is 0 Å². The summed E-state index contributed by atoms with van der Waals surface area (Å²) in [6, 6.07) is 8.52. The number of hydrogen-bond acceptors (Lipinski definition) is 6. The Labute approximate surface area is 208 Å². The van der Waals surface area contributed by atoms with Crippen LogP contribution >= 0.6 is 11.3 Å². The Bertz CT molecular complexity index is 1070. The predicted octanol–water partition coefficient (Wildman–Crippen LogP) is 6.94. The van der Waals surface area contributed by atoms with E-state index >= 15 is 0 Å². The summed E-state index contributed by atoms with van der Waals surface area (Å²) < 4.78 is 55.4. The normalized spacial score (nSPS) is 12.6. The average Bonchev–Trinajstić information content (AvgIpc) is 3.25. The zero-order valence-electron chi connectivity index (χ0n) is 20.5. The molecule has 0 bridgehead atoms. The summed E-state index contributed by atoms with van der Waals surface area (Å²) in [6.07, 6.45) is -1.54. The second-order valence-electron chi connectivity index (χ2n) is 8.66. The van der Waals surface area contributed by atoms with E-state index in [2.05, 4.69) is 24.1 Å². The van der Waals surface area contributed by atoms with E-state index in [0.29, 0.717) is 35.3 Å². The fourth-order valence-electron chi connectivity index (χ4n) is 3.68. The summed E-state index contributed by atoms with van der Waals surface area (Å²) >= 11 is 1.68. The van der Waals surface area contributed by atoms with Crippen molar-refractivity contribution in [2.45, 2.75) is 52.6 Å². The molecule has 3 aromatic rings. The molecule has 1 N–H and O–H groups in total. The minimum atomic E-state index is -4.36. The van der Waals surface area contributed by atoms with E-state index in [0.717, 1.165) is 29.1 Å². The van der Waals surface area contributed by atoms with E-state index in [1.165, 1.54) is 17.0 Å². The van der Waals surface area contributed by atoms with Crippen LogP contribution in [0.25, 0.3) is 0 Å². The number of alkyl halides is 3. The van der Waals surface area contributed by atoms with Crippen LogP contribution < -0.4 is 19.5 Å². The summed E-state index contributed by atoms with van der Waals surface area (Å²) in [7, 11) is 3.15. The molecule has 190 valence electrons. The fourth-order valence-corrected chi connectivity index (χ4v) is 4.54. The van der Waals surface area contributed by atoms with Gasteiger partial charge in [0.1, 0.15) is 28.9 Å². The maximum absolute atomic E-state index is 12.8. The molecular weight excluding hydrogens is 477 g/mol. The first-order valence-corrected chi connectivity index (χ1v) is 12.1. The quantitative estimate of drug-likeness (QED) is 0.304. The second-order valence-corrected chi connectivity index (χ2v) is 9.93. The smallest absolute Gasteiger partial charge is 0.416 e. The van der Waals surface area contributed by atoms with Gasteiger partial charge < -0.3 is 19.5 Å². The third-order valence-electron chi connectivity index (χ3n) is 5.44. The standard InChI is InChI=1S/C26H31F3N2O3S/c1-16(2)10-22(25-31-13-17(3)35-25)30-14-21-23(32-4)11-20(12-24(21)33-5)34-15-18-6-8-19(9-7-18)26(27,28)29/h6-9,11-13,16,22,30H,10,14-15H2,1-5H3/t22-/m0/s1. The van der Waals surface area contributed by atoms with Gasteiger partial charge in [-0.2, -0.15) is 13.2 Å². The molecule has 0 amide bonds. The van der Waals surface area contributed by atoms with Crippen LogP contribution in [0.1, 0.15) is 52.9 Å². The molecule has 1 aromatic heterocycles. The van der Waals surface area contributed by atoms with E-state index < -0.39 is 11.7 Å². The van der Waals surface area contributed by atoms with Crippen molar-refractivity contribution >= 4 is 11.3 Å². The van der Waals surface area contributed by atoms with E-state index in [4.69, 9.17) is 14.2 Å². The monoisotopic (exact) mass is 508 g/mol. The lowest BCUT2D eigenvalue weighted by atomic mass is 10.0. The van der Waals surface area contributed by atoms with Crippen LogP contribution in [0.5, 0.6) is 17.2 Å². The van der Waals surface area contributed by atoms with E-state index in [9.17, 15) is 13.2 Å². The van der Waals surface area contributed by atoms with Crippen molar-refractivity contribution in [1.29, 1.82) is 0 Å². The van der Waals surface area contributed by atoms with Crippen molar-refractivity contribution in [2.75, 3.05) is 14.2 Å². The third-order valence-corrected chi connectivity index (χ3v) is 6.46. The highest BCUT2D eigenvalue weighted by Gasteiger charge is 2.30. The molecule has 0 spiro atoms. The first-order valence-electron chi connectivity index (χ1n) is 11.3. The number of methoxy groups -OCH3 is 2. The molecule has 0 unspecified atom stereocenters. The molecule has 9 heteroatoms. The average molecular weight is 509 g/mol. The molecule has 0 saturated carbocycles. The number of nitrogens with zero attached hydrogens (tertiary/aromatic N) is 1. The van der Waals surface area contributed by atoms with Gasteiger partial charge in [0.25, 0.3) is 0 Å². The number of nitrogens with one attached hydrogen (secondary N) is 1. The van der Waals surface area contributed by atoms with Crippen LogP contribution in [-0.2, 0) is 19.3 Å². The van der Waals surface area contributed by atoms with Crippen molar-refractivity contribution < 1.29 is 27.4 Å². The number of halogens is 3. The Balaban J connectivity index is 1.74. The minimum absolute atomic E-state index is 0.0960.